The summed E-state index contributed by atoms with van der Waals surface area (Å²) in [5, 5.41) is 11.1. The van der Waals surface area contributed by atoms with E-state index in [0.717, 1.165) is 16.5 Å². The van der Waals surface area contributed by atoms with E-state index in [1.165, 1.54) is 16.2 Å². The van der Waals surface area contributed by atoms with Crippen molar-refractivity contribution >= 4 is 46.0 Å². The van der Waals surface area contributed by atoms with E-state index in [1.54, 1.807) is 11.8 Å². The highest BCUT2D eigenvalue weighted by Gasteiger charge is 2.46. The van der Waals surface area contributed by atoms with Gasteiger partial charge in [-0.2, -0.15) is 0 Å². The average molecular weight is 380 g/mol. The number of amides is 3. The van der Waals surface area contributed by atoms with Gasteiger partial charge in [0.05, 0.1) is 11.8 Å². The van der Waals surface area contributed by atoms with Gasteiger partial charge < -0.3 is 5.32 Å². The highest BCUT2D eigenvalue weighted by molar-refractivity contribution is 8.01. The molecule has 1 aromatic heterocycles. The van der Waals surface area contributed by atoms with Crippen LogP contribution in [0.3, 0.4) is 0 Å². The standard InChI is InChI=1S/C16H20N4O3S2/c1-2-9-24-16-19-18-15(25-16)17-12(21)7-8-20-13(22)10-5-3-4-6-11(10)14(20)23/h3-4,10-11H,2,5-9H2,1H3,(H,17,18,21)/t10-,11+. The lowest BCUT2D eigenvalue weighted by Gasteiger charge is -2.14. The Balaban J connectivity index is 1.50. The van der Waals surface area contributed by atoms with Crippen LogP contribution in [-0.2, 0) is 14.4 Å². The van der Waals surface area contributed by atoms with Gasteiger partial charge in [0.2, 0.25) is 22.9 Å². The number of thioether (sulfide) groups is 1. The minimum absolute atomic E-state index is 0.0708. The first-order valence-electron chi connectivity index (χ1n) is 8.36. The van der Waals surface area contributed by atoms with E-state index >= 15 is 0 Å². The molecule has 1 N–H and O–H groups in total. The summed E-state index contributed by atoms with van der Waals surface area (Å²) >= 11 is 2.93. The Labute approximate surface area is 154 Å². The van der Waals surface area contributed by atoms with Gasteiger partial charge in [0.1, 0.15) is 0 Å². The molecule has 3 amide bonds. The third kappa shape index (κ3) is 4.09. The summed E-state index contributed by atoms with van der Waals surface area (Å²) < 4.78 is 0.818. The molecule has 0 radical (unpaired) electrons. The number of rotatable bonds is 7. The summed E-state index contributed by atoms with van der Waals surface area (Å²) in [7, 11) is 0. The molecule has 7 nitrogen and oxygen atoms in total. The van der Waals surface area contributed by atoms with Gasteiger partial charge in [0, 0.05) is 18.7 Å². The molecule has 1 aromatic rings. The molecule has 2 atom stereocenters. The molecule has 0 bridgehead atoms. The van der Waals surface area contributed by atoms with Crippen LogP contribution in [0.25, 0.3) is 0 Å². The second-order valence-electron chi connectivity index (χ2n) is 6.00. The van der Waals surface area contributed by atoms with Gasteiger partial charge in [-0.15, -0.1) is 10.2 Å². The first-order valence-corrected chi connectivity index (χ1v) is 10.2. The molecule has 3 rings (SSSR count). The molecular weight excluding hydrogens is 360 g/mol. The lowest BCUT2D eigenvalue weighted by atomic mass is 9.85. The number of fused-ring (bicyclic) bond motifs is 1. The number of nitrogens with zero attached hydrogens (tertiary/aromatic N) is 3. The Hall–Kier alpha value is -1.74. The molecule has 2 heterocycles. The third-order valence-electron chi connectivity index (χ3n) is 4.24. The second kappa shape index (κ2) is 8.09. The lowest BCUT2D eigenvalue weighted by molar-refractivity contribution is -0.140. The largest absolute Gasteiger partial charge is 0.300 e. The molecule has 2 aliphatic rings. The number of aromatic nitrogens is 2. The maximum absolute atomic E-state index is 12.3. The van der Waals surface area contributed by atoms with Crippen LogP contribution in [0.15, 0.2) is 16.5 Å². The lowest BCUT2D eigenvalue weighted by Crippen LogP contribution is -2.34. The zero-order valence-electron chi connectivity index (χ0n) is 13.9. The zero-order chi connectivity index (χ0) is 17.8. The summed E-state index contributed by atoms with van der Waals surface area (Å²) in [5.74, 6) is -0.109. The Morgan fingerprint density at radius 3 is 2.60 bits per heavy atom. The fraction of sp³-hybridized carbons (Fsp3) is 0.562. The summed E-state index contributed by atoms with van der Waals surface area (Å²) in [4.78, 5) is 38.0. The number of allylic oxidation sites excluding steroid dienone is 2. The first kappa shape index (κ1) is 18.1. The van der Waals surface area contributed by atoms with Crippen LogP contribution in [-0.4, -0.2) is 45.1 Å². The van der Waals surface area contributed by atoms with Crippen LogP contribution in [0.2, 0.25) is 0 Å². The number of carbonyl (C=O) groups is 3. The minimum atomic E-state index is -0.267. The van der Waals surface area contributed by atoms with Crippen LogP contribution in [0.1, 0.15) is 32.6 Å². The molecule has 9 heteroatoms. The van der Waals surface area contributed by atoms with Crippen LogP contribution in [0.5, 0.6) is 0 Å². The predicted octanol–water partition coefficient (Wildman–Crippen LogP) is 2.32. The molecule has 0 spiro atoms. The SMILES string of the molecule is CCCSc1nnc(NC(=O)CCN2C(=O)[C@H]3CC=CC[C@H]3C2=O)s1. The number of carbonyl (C=O) groups excluding carboxylic acids is 3. The van der Waals surface area contributed by atoms with Crippen molar-refractivity contribution < 1.29 is 14.4 Å². The topological polar surface area (TPSA) is 92.3 Å². The van der Waals surface area contributed by atoms with E-state index in [9.17, 15) is 14.4 Å². The zero-order valence-corrected chi connectivity index (χ0v) is 15.6. The Morgan fingerprint density at radius 2 is 1.96 bits per heavy atom. The Morgan fingerprint density at radius 1 is 1.28 bits per heavy atom. The quantitative estimate of drug-likeness (QED) is 0.338. The van der Waals surface area contributed by atoms with Crippen LogP contribution in [0, 0.1) is 11.8 Å². The second-order valence-corrected chi connectivity index (χ2v) is 8.32. The number of anilines is 1. The minimum Gasteiger partial charge on any atom is -0.300 e. The number of hydrogen-bond acceptors (Lipinski definition) is 7. The predicted molar refractivity (Wildman–Crippen MR) is 96.2 cm³/mol. The number of imide groups is 1. The van der Waals surface area contributed by atoms with E-state index in [-0.39, 0.29) is 42.5 Å². The van der Waals surface area contributed by atoms with Gasteiger partial charge in [-0.05, 0) is 19.3 Å². The monoisotopic (exact) mass is 380 g/mol. The van der Waals surface area contributed by atoms with E-state index in [0.29, 0.717) is 18.0 Å². The molecule has 1 fully saturated rings. The van der Waals surface area contributed by atoms with Crippen molar-refractivity contribution in [2.24, 2.45) is 11.8 Å². The van der Waals surface area contributed by atoms with Gasteiger partial charge >= 0.3 is 0 Å². The maximum atomic E-state index is 12.3. The van der Waals surface area contributed by atoms with E-state index in [4.69, 9.17) is 0 Å². The van der Waals surface area contributed by atoms with Crippen LogP contribution in [0.4, 0.5) is 5.13 Å². The van der Waals surface area contributed by atoms with Crippen LogP contribution < -0.4 is 5.32 Å². The van der Waals surface area contributed by atoms with Gasteiger partial charge in [-0.25, -0.2) is 0 Å². The van der Waals surface area contributed by atoms with Crippen molar-refractivity contribution in [2.75, 3.05) is 17.6 Å². The molecule has 1 saturated heterocycles. The fourth-order valence-electron chi connectivity index (χ4n) is 2.99. The smallest absolute Gasteiger partial charge is 0.233 e. The van der Waals surface area contributed by atoms with Crippen molar-refractivity contribution in [3.05, 3.63) is 12.2 Å². The van der Waals surface area contributed by atoms with E-state index in [2.05, 4.69) is 22.4 Å². The van der Waals surface area contributed by atoms with E-state index < -0.39 is 0 Å². The molecular formula is C16H20N4O3S2. The van der Waals surface area contributed by atoms with Crippen molar-refractivity contribution in [3.63, 3.8) is 0 Å². The Bertz CT molecular complexity index is 677. The summed E-state index contributed by atoms with van der Waals surface area (Å²) in [6.45, 7) is 2.20. The van der Waals surface area contributed by atoms with Crippen LogP contribution >= 0.6 is 23.1 Å². The molecule has 134 valence electrons. The highest BCUT2D eigenvalue weighted by Crippen LogP contribution is 2.35. The average Bonchev–Trinajstić information content (AvgIpc) is 3.15. The van der Waals surface area contributed by atoms with Crippen molar-refractivity contribution in [3.8, 4) is 0 Å². The molecule has 1 aliphatic heterocycles. The summed E-state index contributed by atoms with van der Waals surface area (Å²) in [6, 6.07) is 0. The van der Waals surface area contributed by atoms with Gasteiger partial charge in [-0.1, -0.05) is 42.2 Å². The first-order chi connectivity index (χ1) is 12.1. The number of nitrogens with one attached hydrogen (secondary N) is 1. The molecule has 0 unspecified atom stereocenters. The number of likely N-dealkylation sites (tertiary alicyclic amines) is 1. The van der Waals surface area contributed by atoms with Gasteiger partial charge in [0.15, 0.2) is 4.34 Å². The van der Waals surface area contributed by atoms with Gasteiger partial charge in [-0.3, -0.25) is 19.3 Å². The third-order valence-corrected chi connectivity index (χ3v) is 6.42. The molecule has 1 aliphatic carbocycles. The molecule has 0 aromatic carbocycles. The normalized spacial score (nSPS) is 22.4. The van der Waals surface area contributed by atoms with Crippen molar-refractivity contribution in [2.45, 2.75) is 36.9 Å². The van der Waals surface area contributed by atoms with Crippen molar-refractivity contribution in [1.82, 2.24) is 15.1 Å². The molecule has 25 heavy (non-hydrogen) atoms. The van der Waals surface area contributed by atoms with E-state index in [1.807, 2.05) is 12.2 Å². The summed E-state index contributed by atoms with van der Waals surface area (Å²) in [6.07, 6.45) is 6.24. The van der Waals surface area contributed by atoms with Crippen molar-refractivity contribution in [1.29, 1.82) is 0 Å². The number of hydrogen-bond donors (Lipinski definition) is 1. The molecule has 0 saturated carbocycles. The maximum Gasteiger partial charge on any atom is 0.233 e. The fourth-order valence-corrected chi connectivity index (χ4v) is 4.69. The Kier molecular flexibility index (Phi) is 5.85. The summed E-state index contributed by atoms with van der Waals surface area (Å²) in [5.41, 5.74) is 0. The van der Waals surface area contributed by atoms with Gasteiger partial charge in [0.25, 0.3) is 0 Å². The highest BCUT2D eigenvalue weighted by atomic mass is 32.2.